The lowest BCUT2D eigenvalue weighted by molar-refractivity contribution is 1.16. The summed E-state index contributed by atoms with van der Waals surface area (Å²) in [4.78, 5) is 0. The molecule has 124 valence electrons. The molecule has 0 aliphatic heterocycles. The van der Waals surface area contributed by atoms with Crippen molar-refractivity contribution in [3.63, 3.8) is 0 Å². The Balaban J connectivity index is 2.19. The van der Waals surface area contributed by atoms with Gasteiger partial charge in [0.1, 0.15) is 0 Å². The Kier molecular flexibility index (Phi) is 5.98. The van der Waals surface area contributed by atoms with E-state index in [0.717, 1.165) is 12.0 Å². The minimum absolute atomic E-state index is 0.895. The van der Waals surface area contributed by atoms with Crippen LogP contribution in [0.1, 0.15) is 36.1 Å². The van der Waals surface area contributed by atoms with E-state index in [4.69, 9.17) is 0 Å². The van der Waals surface area contributed by atoms with Crippen LogP contribution in [0.4, 0.5) is 0 Å². The van der Waals surface area contributed by atoms with E-state index in [-0.39, 0.29) is 0 Å². The van der Waals surface area contributed by atoms with Crippen molar-refractivity contribution < 1.29 is 0 Å². The van der Waals surface area contributed by atoms with Crippen LogP contribution < -0.4 is 0 Å². The topological polar surface area (TPSA) is 0 Å². The van der Waals surface area contributed by atoms with Crippen LogP contribution in [0.25, 0.3) is 11.1 Å². The molecule has 24 heavy (non-hydrogen) atoms. The number of hydrogen-bond donors (Lipinski definition) is 0. The van der Waals surface area contributed by atoms with Crippen molar-refractivity contribution >= 4 is 0 Å². The van der Waals surface area contributed by atoms with Crippen LogP contribution in [-0.2, 0) is 6.42 Å². The Bertz CT molecular complexity index is 801. The van der Waals surface area contributed by atoms with E-state index in [9.17, 15) is 0 Å². The molecule has 0 radical (unpaired) electrons. The third-order valence-corrected chi connectivity index (χ3v) is 4.64. The van der Waals surface area contributed by atoms with Gasteiger partial charge < -0.3 is 0 Å². The SMILES string of the molecule is C=C(C=CC(C)=CC)Cc1ccc(-c2ccc(C)c(C)c2)cc1C. The molecule has 0 saturated heterocycles. The van der Waals surface area contributed by atoms with Gasteiger partial charge in [-0.05, 0) is 74.4 Å². The highest BCUT2D eigenvalue weighted by Gasteiger charge is 2.04. The largest absolute Gasteiger partial charge is 0.0955 e. The lowest BCUT2D eigenvalue weighted by Crippen LogP contribution is -1.92. The van der Waals surface area contributed by atoms with Gasteiger partial charge in [0.15, 0.2) is 0 Å². The normalized spacial score (nSPS) is 12.0. The third kappa shape index (κ3) is 4.58. The minimum Gasteiger partial charge on any atom is -0.0955 e. The molecule has 0 aliphatic carbocycles. The Labute approximate surface area is 147 Å². The molecule has 0 heterocycles. The summed E-state index contributed by atoms with van der Waals surface area (Å²) in [5.41, 5.74) is 10.3. The monoisotopic (exact) mass is 316 g/mol. The predicted molar refractivity (Wildman–Crippen MR) is 108 cm³/mol. The molecule has 2 rings (SSSR count). The number of aryl methyl sites for hydroxylation is 3. The first kappa shape index (κ1) is 18.0. The van der Waals surface area contributed by atoms with Crippen molar-refractivity contribution in [3.8, 4) is 11.1 Å². The van der Waals surface area contributed by atoms with Crippen molar-refractivity contribution in [3.05, 3.63) is 94.6 Å². The first-order chi connectivity index (χ1) is 11.4. The maximum Gasteiger partial charge on any atom is -0.00290 e. The smallest absolute Gasteiger partial charge is 0.00290 e. The molecule has 2 aromatic rings. The van der Waals surface area contributed by atoms with Gasteiger partial charge in [-0.2, -0.15) is 0 Å². The van der Waals surface area contributed by atoms with E-state index >= 15 is 0 Å². The van der Waals surface area contributed by atoms with Gasteiger partial charge in [-0.25, -0.2) is 0 Å². The zero-order valence-corrected chi connectivity index (χ0v) is 15.6. The van der Waals surface area contributed by atoms with E-state index in [1.54, 1.807) is 0 Å². The molecule has 0 saturated carbocycles. The second kappa shape index (κ2) is 7.97. The van der Waals surface area contributed by atoms with Gasteiger partial charge in [0.2, 0.25) is 0 Å². The number of benzene rings is 2. The highest BCUT2D eigenvalue weighted by molar-refractivity contribution is 5.66. The molecule has 0 N–H and O–H groups in total. The van der Waals surface area contributed by atoms with Crippen LogP contribution in [0.5, 0.6) is 0 Å². The third-order valence-electron chi connectivity index (χ3n) is 4.64. The fourth-order valence-electron chi connectivity index (χ4n) is 2.64. The van der Waals surface area contributed by atoms with Crippen LogP contribution >= 0.6 is 0 Å². The zero-order valence-electron chi connectivity index (χ0n) is 15.6. The van der Waals surface area contributed by atoms with Crippen LogP contribution in [0.3, 0.4) is 0 Å². The highest BCUT2D eigenvalue weighted by Crippen LogP contribution is 2.25. The summed E-state index contributed by atoms with van der Waals surface area (Å²) in [5.74, 6) is 0. The molecular weight excluding hydrogens is 288 g/mol. The maximum atomic E-state index is 4.19. The van der Waals surface area contributed by atoms with Crippen LogP contribution in [0.2, 0.25) is 0 Å². The van der Waals surface area contributed by atoms with Crippen molar-refractivity contribution in [2.24, 2.45) is 0 Å². The van der Waals surface area contributed by atoms with Crippen LogP contribution in [0.15, 0.2) is 72.4 Å². The van der Waals surface area contributed by atoms with E-state index in [1.807, 2.05) is 0 Å². The standard InChI is InChI=1S/C24H28/c1-7-17(2)8-9-18(3)14-22-12-13-24(16-21(22)6)23-11-10-19(4)20(5)15-23/h7-13,15-16H,3,14H2,1-2,4-6H3. The quantitative estimate of drug-likeness (QED) is 0.526. The van der Waals surface area contributed by atoms with Gasteiger partial charge >= 0.3 is 0 Å². The lowest BCUT2D eigenvalue weighted by Gasteiger charge is -2.10. The molecule has 0 nitrogen and oxygen atoms in total. The summed E-state index contributed by atoms with van der Waals surface area (Å²) in [6.45, 7) is 14.9. The molecular formula is C24H28. The molecule has 2 aromatic carbocycles. The number of hydrogen-bond acceptors (Lipinski definition) is 0. The summed E-state index contributed by atoms with van der Waals surface area (Å²) in [7, 11) is 0. The summed E-state index contributed by atoms with van der Waals surface area (Å²) in [5, 5.41) is 0. The summed E-state index contributed by atoms with van der Waals surface area (Å²) >= 11 is 0. The Morgan fingerprint density at radius 3 is 2.08 bits per heavy atom. The number of rotatable bonds is 5. The fraction of sp³-hybridized carbons (Fsp3) is 0.250. The van der Waals surface area contributed by atoms with Gasteiger partial charge in [-0.15, -0.1) is 0 Å². The summed E-state index contributed by atoms with van der Waals surface area (Å²) < 4.78 is 0. The zero-order chi connectivity index (χ0) is 17.7. The van der Waals surface area contributed by atoms with Gasteiger partial charge in [0.25, 0.3) is 0 Å². The molecule has 0 aliphatic rings. The van der Waals surface area contributed by atoms with Gasteiger partial charge in [-0.1, -0.05) is 72.4 Å². The van der Waals surface area contributed by atoms with E-state index in [0.29, 0.717) is 0 Å². The van der Waals surface area contributed by atoms with Gasteiger partial charge in [0, 0.05) is 0 Å². The second-order valence-corrected chi connectivity index (χ2v) is 6.64. The summed E-state index contributed by atoms with van der Waals surface area (Å²) in [6.07, 6.45) is 7.24. The minimum atomic E-state index is 0.895. The molecule has 0 aromatic heterocycles. The van der Waals surface area contributed by atoms with Crippen molar-refractivity contribution in [2.45, 2.75) is 41.0 Å². The first-order valence-electron chi connectivity index (χ1n) is 8.56. The molecule has 0 amide bonds. The molecule has 0 bridgehead atoms. The molecule has 0 spiro atoms. The molecule has 0 fully saturated rings. The van der Waals surface area contributed by atoms with Crippen LogP contribution in [0, 0.1) is 20.8 Å². The first-order valence-corrected chi connectivity index (χ1v) is 8.56. The second-order valence-electron chi connectivity index (χ2n) is 6.64. The molecule has 0 heteroatoms. The van der Waals surface area contributed by atoms with Crippen molar-refractivity contribution in [1.29, 1.82) is 0 Å². The molecule has 0 atom stereocenters. The Morgan fingerprint density at radius 1 is 0.875 bits per heavy atom. The van der Waals surface area contributed by atoms with Crippen molar-refractivity contribution in [1.82, 2.24) is 0 Å². The average molecular weight is 316 g/mol. The Morgan fingerprint density at radius 2 is 1.50 bits per heavy atom. The predicted octanol–water partition coefficient (Wildman–Crippen LogP) is 6.90. The Hall–Kier alpha value is -2.34. The van der Waals surface area contributed by atoms with Crippen LogP contribution in [-0.4, -0.2) is 0 Å². The van der Waals surface area contributed by atoms with Gasteiger partial charge in [0.05, 0.1) is 0 Å². The fourth-order valence-corrected chi connectivity index (χ4v) is 2.64. The van der Waals surface area contributed by atoms with E-state index in [2.05, 4.69) is 95.8 Å². The number of allylic oxidation sites excluding steroid dienone is 5. The van der Waals surface area contributed by atoms with Gasteiger partial charge in [-0.3, -0.25) is 0 Å². The van der Waals surface area contributed by atoms with Crippen molar-refractivity contribution in [2.75, 3.05) is 0 Å². The summed E-state index contributed by atoms with van der Waals surface area (Å²) in [6, 6.07) is 13.4. The highest BCUT2D eigenvalue weighted by atomic mass is 14.1. The molecule has 0 unspecified atom stereocenters. The van der Waals surface area contributed by atoms with E-state index < -0.39 is 0 Å². The average Bonchev–Trinajstić information content (AvgIpc) is 2.57. The lowest BCUT2D eigenvalue weighted by atomic mass is 9.95. The maximum absolute atomic E-state index is 4.19. The van der Waals surface area contributed by atoms with E-state index in [1.165, 1.54) is 39.0 Å².